The first-order valence-corrected chi connectivity index (χ1v) is 42.8. The number of fused-ring (bicyclic) bond motifs is 1. The summed E-state index contributed by atoms with van der Waals surface area (Å²) in [6, 6.07) is -1.20. The fourth-order valence-corrected chi connectivity index (χ4v) is 13.3. The summed E-state index contributed by atoms with van der Waals surface area (Å²) in [5.74, 6) is -20.3. The van der Waals surface area contributed by atoms with E-state index in [0.29, 0.717) is 40.4 Å². The number of aliphatic carboxylic acids is 1. The summed E-state index contributed by atoms with van der Waals surface area (Å²) in [5, 5.41) is 77.1. The van der Waals surface area contributed by atoms with E-state index in [1.165, 1.54) is 13.8 Å². The van der Waals surface area contributed by atoms with Crippen molar-refractivity contribution in [2.45, 2.75) is 260 Å². The van der Waals surface area contributed by atoms with E-state index in [2.05, 4.69) is 79.4 Å². The number of unbranched alkanes of at least 4 members (excludes halogenated alkanes) is 3. The van der Waals surface area contributed by atoms with Gasteiger partial charge in [-0.1, -0.05) is 107 Å². The van der Waals surface area contributed by atoms with Crippen molar-refractivity contribution in [2.75, 3.05) is 26.2 Å². The summed E-state index contributed by atoms with van der Waals surface area (Å²) in [6.07, 6.45) is -4.07. The van der Waals surface area contributed by atoms with Gasteiger partial charge in [-0.25, -0.2) is 4.79 Å². The third-order valence-electron chi connectivity index (χ3n) is 20.9. The Balaban J connectivity index is 1.64. The van der Waals surface area contributed by atoms with Gasteiger partial charge in [-0.2, -0.15) is 0 Å². The van der Waals surface area contributed by atoms with Gasteiger partial charge >= 0.3 is 5.97 Å². The minimum atomic E-state index is -1.94. The number of amides is 17. The molecule has 0 saturated heterocycles. The Hall–Kier alpha value is -12.6. The molecule has 0 bridgehead atoms. The zero-order valence-corrected chi connectivity index (χ0v) is 73.7. The number of para-hydroxylation sites is 1. The number of aliphatic hydroxyl groups excluding tert-OH is 3. The van der Waals surface area contributed by atoms with Crippen LogP contribution in [-0.4, -0.2) is 261 Å². The van der Waals surface area contributed by atoms with Crippen LogP contribution in [0.2, 0.25) is 0 Å². The van der Waals surface area contributed by atoms with Gasteiger partial charge in [-0.15, -0.1) is 0 Å². The Labute approximate surface area is 746 Å². The zero-order valence-electron chi connectivity index (χ0n) is 73.7. The van der Waals surface area contributed by atoms with Crippen LogP contribution in [0.3, 0.4) is 0 Å². The average Bonchev–Trinajstić information content (AvgIpc) is 1.76. The average molecular weight is 1810 g/mol. The third-order valence-corrected chi connectivity index (χ3v) is 20.9. The minimum Gasteiger partial charge on any atom is -0.480 e. The van der Waals surface area contributed by atoms with Crippen LogP contribution in [0.5, 0.6) is 0 Å². The second-order valence-corrected chi connectivity index (χ2v) is 32.3. The van der Waals surface area contributed by atoms with E-state index in [4.69, 9.17) is 40.1 Å². The van der Waals surface area contributed by atoms with Crippen molar-refractivity contribution < 1.29 is 107 Å². The molecule has 1 aromatic heterocycles. The largest absolute Gasteiger partial charge is 0.480 e. The van der Waals surface area contributed by atoms with Gasteiger partial charge in [0.2, 0.25) is 100 Å². The number of H-pyrrole nitrogens is 1. The molecule has 0 aliphatic heterocycles. The summed E-state index contributed by atoms with van der Waals surface area (Å²) >= 11 is 0. The van der Waals surface area contributed by atoms with Gasteiger partial charge in [0, 0.05) is 49.2 Å². The Morgan fingerprint density at radius 2 is 0.667 bits per heavy atom. The number of aromatic amines is 1. The SMILES string of the molecule is CC(C)[C@H](N)C(=O)N[C@@H](CCC(N)=O)C(=O)N[C@@H](CCCCN)C(=O)N[C@@H](CCCCN)C(=O)N[C@H](C(=O)N[C@@H](Cc1ccccc1)C(=O)N[C@H](C(=O)N[C@@H](CCCCN)C(=O)N[C@@H](Cc1c[nH]c2ccccc12)C(=O)N[C@H](C(=O)N[C@@H](CC(N)=O)C(=O)N[C@@H](C)C(=O)N[C@@H](CCC(N)=O)C(=O)N[C@@H](Cc1ccccc1)C(=O)N[C@@H](CO)C(=O)O)C(C)C)[C@@H](C)O)[C@@H](C)O. The highest BCUT2D eigenvalue weighted by atomic mass is 16.4. The number of carboxylic acid groups (broad SMARTS) is 1. The van der Waals surface area contributed by atoms with Crippen LogP contribution in [0.25, 0.3) is 10.9 Å². The Morgan fingerprint density at radius 3 is 1.06 bits per heavy atom. The van der Waals surface area contributed by atoms with Crippen LogP contribution >= 0.6 is 0 Å². The predicted octanol–water partition coefficient (Wildman–Crippen LogP) is -6.73. The number of nitrogens with two attached hydrogens (primary N) is 7. The number of nitrogens with one attached hydrogen (secondary N) is 15. The van der Waals surface area contributed by atoms with E-state index in [1.807, 2.05) is 0 Å². The van der Waals surface area contributed by atoms with Crippen molar-refractivity contribution in [1.82, 2.24) is 79.4 Å². The number of hydrogen-bond donors (Lipinski definition) is 26. The minimum absolute atomic E-state index is 0.0433. The van der Waals surface area contributed by atoms with Crippen LogP contribution in [0.1, 0.15) is 155 Å². The molecule has 17 amide bonds. The first-order valence-electron chi connectivity index (χ1n) is 42.8. The highest BCUT2D eigenvalue weighted by molar-refractivity contribution is 6.02. The third kappa shape index (κ3) is 37.7. The monoisotopic (exact) mass is 1810 g/mol. The first kappa shape index (κ1) is 109. The zero-order chi connectivity index (χ0) is 96.3. The van der Waals surface area contributed by atoms with Crippen molar-refractivity contribution in [3.8, 4) is 0 Å². The molecule has 0 radical (unpaired) electrons. The molecule has 0 fully saturated rings. The maximum absolute atomic E-state index is 15.1. The Morgan fingerprint density at radius 1 is 0.341 bits per heavy atom. The molecule has 129 heavy (non-hydrogen) atoms. The first-order chi connectivity index (χ1) is 61.0. The molecule has 17 atom stereocenters. The lowest BCUT2D eigenvalue weighted by molar-refractivity contribution is -0.143. The Kier molecular flexibility index (Phi) is 47.1. The van der Waals surface area contributed by atoms with Crippen LogP contribution in [0.4, 0.5) is 0 Å². The summed E-state index contributed by atoms with van der Waals surface area (Å²) in [4.78, 5) is 252. The van der Waals surface area contributed by atoms with Gasteiger partial charge in [-0.3, -0.25) is 81.5 Å². The molecule has 0 saturated carbocycles. The number of carboxylic acids is 1. The molecule has 712 valence electrons. The van der Waals surface area contributed by atoms with Crippen molar-refractivity contribution in [3.05, 3.63) is 108 Å². The van der Waals surface area contributed by atoms with E-state index >= 15 is 9.59 Å². The van der Waals surface area contributed by atoms with Crippen molar-refractivity contribution in [2.24, 2.45) is 52.0 Å². The molecule has 33 N–H and O–H groups in total. The molecule has 0 unspecified atom stereocenters. The lowest BCUT2D eigenvalue weighted by atomic mass is 9.99. The standard InChI is InChI=1S/C85H130N22O22/c1-44(2)67(92)81(124)98-58(32-34-65(90)112)74(117)96-54(28-16-19-35-86)72(115)97-56(30-18-21-37-88)76(119)106-70(48(7)110)84(127)102-60(39-50-24-12-9-13-25-50)79(122)107-69(47(6)109)83(126)99-55(29-17-20-36-87)73(116)101-61(40-51-42-93-53-27-15-14-26-52(51)53)80(123)105-68(45(3)4)82(125)103-62(41-66(91)113)77(120)94-46(5)71(114)95-57(31-33-64(89)111)75(118)100-59(38-49-22-10-8-11-23-49)78(121)104-63(43-108)85(128)129/h8-15,22-27,42,44-48,54-63,67-70,93,108-110H,16-21,28-41,43,86-88,92H2,1-7H3,(H2,89,111)(H2,90,112)(H2,91,113)(H,94,120)(H,95,114)(H,96,117)(H,97,115)(H,98,124)(H,99,126)(H,100,118)(H,101,116)(H,102,127)(H,103,125)(H,104,121)(H,105,123)(H,106,119)(H,107,122)(H,128,129)/t46-,47+,48+,54-,55-,56-,57-,58-,59-,60-,61-,62-,63-,67-,68-,69-,70-/m0/s1. The number of carbonyl (C=O) groups excluding carboxylic acids is 17. The van der Waals surface area contributed by atoms with E-state index < -0.39 is 241 Å². The fraction of sp³-hybridized carbons (Fsp3) is 0.553. The summed E-state index contributed by atoms with van der Waals surface area (Å²) in [7, 11) is 0. The van der Waals surface area contributed by atoms with Gasteiger partial charge in [0.05, 0.1) is 31.3 Å². The number of aliphatic hydroxyl groups is 3. The van der Waals surface area contributed by atoms with Crippen molar-refractivity contribution in [3.63, 3.8) is 0 Å². The van der Waals surface area contributed by atoms with E-state index in [0.717, 1.165) is 20.8 Å². The van der Waals surface area contributed by atoms with E-state index in [9.17, 15) is 97.1 Å². The molecule has 1 heterocycles. The van der Waals surface area contributed by atoms with Gasteiger partial charge in [0.25, 0.3) is 0 Å². The highest BCUT2D eigenvalue weighted by Crippen LogP contribution is 2.21. The van der Waals surface area contributed by atoms with Crippen molar-refractivity contribution >= 4 is 117 Å². The van der Waals surface area contributed by atoms with Gasteiger partial charge < -0.3 is 140 Å². The van der Waals surface area contributed by atoms with Gasteiger partial charge in [0.1, 0.15) is 84.6 Å². The van der Waals surface area contributed by atoms with Crippen LogP contribution in [0.15, 0.2) is 91.1 Å². The fourth-order valence-electron chi connectivity index (χ4n) is 13.3. The summed E-state index contributed by atoms with van der Waals surface area (Å²) in [6.45, 7) is 9.19. The van der Waals surface area contributed by atoms with Crippen molar-refractivity contribution in [1.29, 1.82) is 0 Å². The molecule has 44 nitrogen and oxygen atoms in total. The molecule has 4 rings (SSSR count). The molecule has 44 heteroatoms. The van der Waals surface area contributed by atoms with Gasteiger partial charge in [-0.05, 0) is 146 Å². The Bertz CT molecular complexity index is 4420. The maximum atomic E-state index is 15.1. The number of carbonyl (C=O) groups is 18. The molecule has 3 aromatic carbocycles. The quantitative estimate of drug-likeness (QED) is 0.0183. The summed E-state index contributed by atoms with van der Waals surface area (Å²) < 4.78 is 0. The second-order valence-electron chi connectivity index (χ2n) is 32.3. The maximum Gasteiger partial charge on any atom is 0.328 e. The van der Waals surface area contributed by atoms with Gasteiger partial charge in [0.15, 0.2) is 0 Å². The smallest absolute Gasteiger partial charge is 0.328 e. The number of primary amides is 3. The summed E-state index contributed by atoms with van der Waals surface area (Å²) in [5.41, 5.74) is 41.9. The highest BCUT2D eigenvalue weighted by Gasteiger charge is 2.41. The normalized spacial score (nSPS) is 15.2. The van der Waals surface area contributed by atoms with E-state index in [1.54, 1.807) is 105 Å². The molecule has 0 aliphatic rings. The number of hydrogen-bond acceptors (Lipinski definition) is 25. The topological polar surface area (TPSA) is 755 Å². The van der Waals surface area contributed by atoms with Crippen LogP contribution in [0, 0.1) is 11.8 Å². The number of benzene rings is 3. The number of aromatic nitrogens is 1. The second kappa shape index (κ2) is 55.9. The molecule has 0 aliphatic carbocycles. The van der Waals surface area contributed by atoms with Crippen LogP contribution < -0.4 is 115 Å². The predicted molar refractivity (Wildman–Crippen MR) is 470 cm³/mol. The molecule has 0 spiro atoms. The molecular formula is C85H130N22O22. The van der Waals surface area contributed by atoms with Crippen LogP contribution in [-0.2, 0) is 106 Å². The van der Waals surface area contributed by atoms with E-state index in [-0.39, 0.29) is 103 Å². The molecular weight excluding hydrogens is 1680 g/mol. The lowest BCUT2D eigenvalue weighted by Gasteiger charge is -2.30. The molecule has 4 aromatic rings. The number of rotatable bonds is 60. The lowest BCUT2D eigenvalue weighted by Crippen LogP contribution is -2.63.